The van der Waals surface area contributed by atoms with Gasteiger partial charge in [-0.05, 0) is 47.9 Å². The molecule has 44 heavy (non-hydrogen) atoms. The number of nitrogens with zero attached hydrogens (tertiary/aromatic N) is 5. The van der Waals surface area contributed by atoms with Gasteiger partial charge in [-0.3, -0.25) is 0 Å². The SMILES string of the molecule is Cc1ccc(S(=O)(=O)N/N=C(/Cc2cccnn2)c2cn(C(c3ccccc3)(c3ccccc3)c3ccccc3)cn2)cc1. The summed E-state index contributed by atoms with van der Waals surface area (Å²) in [5, 5.41) is 12.6. The highest BCUT2D eigenvalue weighted by atomic mass is 32.2. The van der Waals surface area contributed by atoms with E-state index >= 15 is 0 Å². The molecule has 0 saturated heterocycles. The van der Waals surface area contributed by atoms with Crippen molar-refractivity contribution in [1.82, 2.24) is 24.6 Å². The van der Waals surface area contributed by atoms with Gasteiger partial charge in [-0.15, -0.1) is 0 Å². The number of imidazole rings is 1. The molecule has 218 valence electrons. The molecule has 6 aromatic rings. The molecule has 0 unspecified atom stereocenters. The van der Waals surface area contributed by atoms with Gasteiger partial charge in [0.2, 0.25) is 0 Å². The average Bonchev–Trinajstić information content (AvgIpc) is 3.56. The molecule has 6 rings (SSSR count). The van der Waals surface area contributed by atoms with Gasteiger partial charge in [0.1, 0.15) is 11.2 Å². The number of hydrazone groups is 1. The van der Waals surface area contributed by atoms with E-state index in [1.165, 1.54) is 0 Å². The molecule has 0 bridgehead atoms. The van der Waals surface area contributed by atoms with Gasteiger partial charge in [0.15, 0.2) is 0 Å². The van der Waals surface area contributed by atoms with Crippen LogP contribution in [0.4, 0.5) is 0 Å². The normalized spacial score (nSPS) is 12.2. The van der Waals surface area contributed by atoms with Gasteiger partial charge in [0, 0.05) is 18.8 Å². The first-order chi connectivity index (χ1) is 21.5. The van der Waals surface area contributed by atoms with Crippen LogP contribution in [0, 0.1) is 6.92 Å². The van der Waals surface area contributed by atoms with Crippen LogP contribution in [0.3, 0.4) is 0 Å². The van der Waals surface area contributed by atoms with Crippen molar-refractivity contribution in [3.05, 3.63) is 180 Å². The van der Waals surface area contributed by atoms with Crippen LogP contribution in [-0.2, 0) is 22.0 Å². The van der Waals surface area contributed by atoms with Gasteiger partial charge in [-0.2, -0.15) is 28.5 Å². The number of hydrogen-bond acceptors (Lipinski definition) is 6. The van der Waals surface area contributed by atoms with E-state index < -0.39 is 15.6 Å². The number of hydrogen-bond donors (Lipinski definition) is 1. The zero-order valence-corrected chi connectivity index (χ0v) is 24.8. The second kappa shape index (κ2) is 12.4. The van der Waals surface area contributed by atoms with Gasteiger partial charge in [-0.1, -0.05) is 109 Å². The standard InChI is InChI=1S/C35H30N6O2S/c1-27-19-21-32(22-20-27)44(42,43)40-39-33(24-31-18-11-23-37-38-31)34-25-41(26-36-34)35(28-12-5-2-6-13-28,29-14-7-3-8-15-29)30-16-9-4-10-17-30/h2-23,25-26,40H,24H2,1H3/b39-33-. The number of aryl methyl sites for hydroxylation is 1. The third-order valence-corrected chi connectivity index (χ3v) is 8.67. The molecular weight excluding hydrogens is 568 g/mol. The lowest BCUT2D eigenvalue weighted by Gasteiger charge is -2.37. The van der Waals surface area contributed by atoms with Gasteiger partial charge in [0.05, 0.1) is 22.6 Å². The van der Waals surface area contributed by atoms with Crippen molar-refractivity contribution >= 4 is 15.7 Å². The van der Waals surface area contributed by atoms with Crippen molar-refractivity contribution in [3.63, 3.8) is 0 Å². The van der Waals surface area contributed by atoms with Crippen LogP contribution in [0.5, 0.6) is 0 Å². The highest BCUT2D eigenvalue weighted by molar-refractivity contribution is 7.89. The van der Waals surface area contributed by atoms with Crippen molar-refractivity contribution in [2.75, 3.05) is 0 Å². The molecule has 0 radical (unpaired) electrons. The molecule has 2 heterocycles. The Labute approximate surface area is 256 Å². The zero-order chi connectivity index (χ0) is 30.4. The molecule has 0 saturated carbocycles. The van der Waals surface area contributed by atoms with Gasteiger partial charge >= 0.3 is 0 Å². The van der Waals surface area contributed by atoms with E-state index in [1.807, 2.05) is 73.8 Å². The van der Waals surface area contributed by atoms with Crippen molar-refractivity contribution in [3.8, 4) is 0 Å². The predicted molar refractivity (Wildman–Crippen MR) is 171 cm³/mol. The van der Waals surface area contributed by atoms with Crippen molar-refractivity contribution in [1.29, 1.82) is 0 Å². The predicted octanol–water partition coefficient (Wildman–Crippen LogP) is 5.75. The first kappa shape index (κ1) is 28.7. The monoisotopic (exact) mass is 598 g/mol. The van der Waals surface area contributed by atoms with Crippen LogP contribution in [-0.4, -0.2) is 33.9 Å². The quantitative estimate of drug-likeness (QED) is 0.123. The van der Waals surface area contributed by atoms with Crippen LogP contribution in [0.2, 0.25) is 0 Å². The lowest BCUT2D eigenvalue weighted by Crippen LogP contribution is -2.37. The summed E-state index contributed by atoms with van der Waals surface area (Å²) in [7, 11) is -3.93. The van der Waals surface area contributed by atoms with Crippen molar-refractivity contribution in [2.45, 2.75) is 23.8 Å². The van der Waals surface area contributed by atoms with E-state index in [9.17, 15) is 8.42 Å². The highest BCUT2D eigenvalue weighted by Crippen LogP contribution is 2.40. The molecule has 4 aromatic carbocycles. The number of rotatable bonds is 10. The first-order valence-electron chi connectivity index (χ1n) is 14.1. The Bertz CT molecular complexity index is 1870. The van der Waals surface area contributed by atoms with Crippen LogP contribution < -0.4 is 4.83 Å². The smallest absolute Gasteiger partial charge is 0.276 e. The van der Waals surface area contributed by atoms with E-state index in [2.05, 4.69) is 61.1 Å². The molecule has 0 spiro atoms. The van der Waals surface area contributed by atoms with E-state index in [0.29, 0.717) is 17.1 Å². The van der Waals surface area contributed by atoms with Crippen LogP contribution in [0.15, 0.2) is 156 Å². The minimum absolute atomic E-state index is 0.118. The van der Waals surface area contributed by atoms with Gasteiger partial charge in [0.25, 0.3) is 10.0 Å². The maximum atomic E-state index is 13.2. The molecule has 0 aliphatic heterocycles. The summed E-state index contributed by atoms with van der Waals surface area (Å²) in [6, 6.07) is 40.9. The summed E-state index contributed by atoms with van der Waals surface area (Å²) in [6.45, 7) is 1.90. The zero-order valence-electron chi connectivity index (χ0n) is 24.0. The third kappa shape index (κ3) is 5.77. The van der Waals surface area contributed by atoms with Crippen LogP contribution in [0.1, 0.15) is 33.6 Å². The van der Waals surface area contributed by atoms with E-state index in [0.717, 1.165) is 22.3 Å². The molecule has 0 atom stereocenters. The highest BCUT2D eigenvalue weighted by Gasteiger charge is 2.38. The minimum atomic E-state index is -3.93. The second-order valence-corrected chi connectivity index (χ2v) is 12.0. The Morgan fingerprint density at radius 2 is 1.34 bits per heavy atom. The van der Waals surface area contributed by atoms with Crippen molar-refractivity contribution in [2.24, 2.45) is 5.10 Å². The summed E-state index contributed by atoms with van der Waals surface area (Å²) in [5.41, 5.74) is 4.79. The largest absolute Gasteiger partial charge is 0.318 e. The number of nitrogens with one attached hydrogen (secondary N) is 1. The molecule has 0 aliphatic rings. The fourth-order valence-corrected chi connectivity index (χ4v) is 6.14. The summed E-state index contributed by atoms with van der Waals surface area (Å²) in [5.74, 6) is 0. The summed E-state index contributed by atoms with van der Waals surface area (Å²) in [4.78, 5) is 7.33. The maximum Gasteiger partial charge on any atom is 0.276 e. The van der Waals surface area contributed by atoms with Gasteiger partial charge in [-0.25, -0.2) is 4.98 Å². The van der Waals surface area contributed by atoms with Crippen LogP contribution in [0.25, 0.3) is 0 Å². The summed E-state index contributed by atoms with van der Waals surface area (Å²) >= 11 is 0. The molecular formula is C35H30N6O2S. The molecule has 1 N–H and O–H groups in total. The molecule has 2 aromatic heterocycles. The van der Waals surface area contributed by atoms with E-state index in [-0.39, 0.29) is 11.3 Å². The fraction of sp³-hybridized carbons (Fsp3) is 0.0857. The van der Waals surface area contributed by atoms with E-state index in [4.69, 9.17) is 4.98 Å². The van der Waals surface area contributed by atoms with E-state index in [1.54, 1.807) is 42.9 Å². The lowest BCUT2D eigenvalue weighted by atomic mass is 9.77. The molecule has 9 heteroatoms. The molecule has 0 amide bonds. The maximum absolute atomic E-state index is 13.2. The third-order valence-electron chi connectivity index (χ3n) is 7.45. The molecule has 0 aliphatic carbocycles. The van der Waals surface area contributed by atoms with Crippen molar-refractivity contribution < 1.29 is 8.42 Å². The fourth-order valence-electron chi connectivity index (χ4n) is 5.31. The number of benzene rings is 4. The Balaban J connectivity index is 1.50. The van der Waals surface area contributed by atoms with Gasteiger partial charge < -0.3 is 4.57 Å². The Hall–Kier alpha value is -5.41. The average molecular weight is 599 g/mol. The molecule has 8 nitrogen and oxygen atoms in total. The number of aromatic nitrogens is 4. The Morgan fingerprint density at radius 1 is 0.773 bits per heavy atom. The Kier molecular flexibility index (Phi) is 8.12. The first-order valence-corrected chi connectivity index (χ1v) is 15.6. The Morgan fingerprint density at radius 3 is 1.86 bits per heavy atom. The minimum Gasteiger partial charge on any atom is -0.318 e. The summed E-state index contributed by atoms with van der Waals surface area (Å²) in [6.07, 6.45) is 5.46. The van der Waals surface area contributed by atoms with Crippen LogP contribution >= 0.6 is 0 Å². The lowest BCUT2D eigenvalue weighted by molar-refractivity contribution is 0.514. The molecule has 0 fully saturated rings. The second-order valence-electron chi connectivity index (χ2n) is 10.3. The number of sulfonamides is 1. The summed E-state index contributed by atoms with van der Waals surface area (Å²) < 4.78 is 28.4. The topological polar surface area (TPSA) is 102 Å².